The number of nitrogens with zero attached hydrogens (tertiary/aromatic N) is 4. The Balaban J connectivity index is 1.51. The number of amides is 2. The van der Waals surface area contributed by atoms with Gasteiger partial charge in [-0.05, 0) is 31.5 Å². The van der Waals surface area contributed by atoms with Crippen LogP contribution in [0.15, 0.2) is 54.9 Å². The summed E-state index contributed by atoms with van der Waals surface area (Å²) in [6.45, 7) is 5.45. The Morgan fingerprint density at radius 3 is 2.70 bits per heavy atom. The van der Waals surface area contributed by atoms with Gasteiger partial charge in [0.2, 0.25) is 5.91 Å². The van der Waals surface area contributed by atoms with Crippen molar-refractivity contribution in [3.63, 3.8) is 0 Å². The Hall–Kier alpha value is -3.15. The van der Waals surface area contributed by atoms with Crippen LogP contribution in [-0.4, -0.2) is 50.1 Å². The summed E-state index contributed by atoms with van der Waals surface area (Å²) in [6.07, 6.45) is 3.39. The van der Waals surface area contributed by atoms with E-state index in [0.29, 0.717) is 25.3 Å². The molecule has 6 nitrogen and oxygen atoms in total. The molecule has 0 N–H and O–H groups in total. The monoisotopic (exact) mass is 362 g/mol. The number of aryl methyl sites for hydroxylation is 1. The van der Waals surface area contributed by atoms with Crippen molar-refractivity contribution in [3.05, 3.63) is 71.7 Å². The van der Waals surface area contributed by atoms with E-state index in [-0.39, 0.29) is 11.8 Å². The maximum atomic E-state index is 13.0. The number of hydrogen-bond acceptors (Lipinski definition) is 3. The minimum Gasteiger partial charge on any atom is -0.335 e. The van der Waals surface area contributed by atoms with Crippen molar-refractivity contribution in [2.45, 2.75) is 26.4 Å². The lowest BCUT2D eigenvalue weighted by Crippen LogP contribution is -2.57. The van der Waals surface area contributed by atoms with E-state index in [0.717, 1.165) is 11.2 Å². The van der Waals surface area contributed by atoms with Gasteiger partial charge >= 0.3 is 0 Å². The Morgan fingerprint density at radius 2 is 1.93 bits per heavy atom. The highest BCUT2D eigenvalue weighted by Crippen LogP contribution is 2.18. The highest BCUT2D eigenvalue weighted by Gasteiger charge is 2.35. The van der Waals surface area contributed by atoms with Crippen LogP contribution in [0.1, 0.15) is 28.5 Å². The summed E-state index contributed by atoms with van der Waals surface area (Å²) in [6, 6.07) is 13.3. The second-order valence-electron chi connectivity index (χ2n) is 6.99. The molecule has 27 heavy (non-hydrogen) atoms. The van der Waals surface area contributed by atoms with Gasteiger partial charge < -0.3 is 9.80 Å². The number of fused-ring (bicyclic) bond motifs is 1. The maximum absolute atomic E-state index is 13.0. The molecule has 1 fully saturated rings. The fourth-order valence-electron chi connectivity index (χ4n) is 3.52. The van der Waals surface area contributed by atoms with Gasteiger partial charge in [0.15, 0.2) is 0 Å². The lowest BCUT2D eigenvalue weighted by Gasteiger charge is -2.39. The topological polar surface area (TPSA) is 57.9 Å². The maximum Gasteiger partial charge on any atom is 0.273 e. The average molecular weight is 362 g/mol. The quantitative estimate of drug-likeness (QED) is 0.719. The molecule has 0 aliphatic carbocycles. The molecule has 1 atom stereocenters. The van der Waals surface area contributed by atoms with Gasteiger partial charge in [-0.25, -0.2) is 4.98 Å². The van der Waals surface area contributed by atoms with E-state index in [9.17, 15) is 9.59 Å². The standard InChI is InChI=1S/C21H22N4O2/c1-15-6-8-17(9-7-15)14-23-11-12-24(16(2)20(23)26)21(27)18-13-22-19-5-3-4-10-25(18)19/h3-10,13,16H,11-12,14H2,1-2H3. The first kappa shape index (κ1) is 17.3. The van der Waals surface area contributed by atoms with Crippen molar-refractivity contribution in [1.29, 1.82) is 0 Å². The summed E-state index contributed by atoms with van der Waals surface area (Å²) < 4.78 is 1.76. The van der Waals surface area contributed by atoms with E-state index in [1.165, 1.54) is 5.56 Å². The van der Waals surface area contributed by atoms with Crippen LogP contribution >= 0.6 is 0 Å². The second kappa shape index (κ2) is 6.87. The minimum atomic E-state index is -0.494. The molecule has 1 aromatic carbocycles. The van der Waals surface area contributed by atoms with Gasteiger partial charge in [-0.15, -0.1) is 0 Å². The summed E-state index contributed by atoms with van der Waals surface area (Å²) in [5.74, 6) is -0.187. The molecule has 6 heteroatoms. The number of rotatable bonds is 3. The fourth-order valence-corrected chi connectivity index (χ4v) is 3.52. The number of pyridine rings is 1. The summed E-state index contributed by atoms with van der Waals surface area (Å²) in [4.78, 5) is 33.6. The number of piperazine rings is 1. The van der Waals surface area contributed by atoms with Gasteiger partial charge in [-0.1, -0.05) is 35.9 Å². The van der Waals surface area contributed by atoms with Crippen LogP contribution in [0.2, 0.25) is 0 Å². The van der Waals surface area contributed by atoms with E-state index in [2.05, 4.69) is 4.98 Å². The lowest BCUT2D eigenvalue weighted by molar-refractivity contribution is -0.140. The van der Waals surface area contributed by atoms with Crippen molar-refractivity contribution >= 4 is 17.5 Å². The van der Waals surface area contributed by atoms with Gasteiger partial charge in [-0.3, -0.25) is 14.0 Å². The predicted molar refractivity (Wildman–Crippen MR) is 102 cm³/mol. The smallest absolute Gasteiger partial charge is 0.273 e. The van der Waals surface area contributed by atoms with Crippen LogP contribution in [0, 0.1) is 6.92 Å². The molecule has 1 unspecified atom stereocenters. The molecule has 0 bridgehead atoms. The molecule has 3 heterocycles. The molecule has 0 spiro atoms. The number of hydrogen-bond donors (Lipinski definition) is 0. The zero-order valence-electron chi connectivity index (χ0n) is 15.5. The van der Waals surface area contributed by atoms with Crippen molar-refractivity contribution < 1.29 is 9.59 Å². The Morgan fingerprint density at radius 1 is 1.15 bits per heavy atom. The number of imidazole rings is 1. The van der Waals surface area contributed by atoms with Crippen LogP contribution in [0.4, 0.5) is 0 Å². The normalized spacial score (nSPS) is 17.6. The first-order chi connectivity index (χ1) is 13.0. The minimum absolute atomic E-state index is 0.0241. The van der Waals surface area contributed by atoms with Gasteiger partial charge in [0.25, 0.3) is 5.91 Å². The van der Waals surface area contributed by atoms with E-state index in [4.69, 9.17) is 0 Å². The fraction of sp³-hybridized carbons (Fsp3) is 0.286. The van der Waals surface area contributed by atoms with Crippen LogP contribution in [-0.2, 0) is 11.3 Å². The van der Waals surface area contributed by atoms with Crippen LogP contribution in [0.25, 0.3) is 5.65 Å². The Kier molecular flexibility index (Phi) is 4.39. The third kappa shape index (κ3) is 3.18. The molecule has 138 valence electrons. The third-order valence-electron chi connectivity index (χ3n) is 5.14. The lowest BCUT2D eigenvalue weighted by atomic mass is 10.1. The number of aromatic nitrogens is 2. The SMILES string of the molecule is Cc1ccc(CN2CCN(C(=O)c3cnc4ccccn34)C(C)C2=O)cc1. The first-order valence-corrected chi connectivity index (χ1v) is 9.12. The molecule has 2 amide bonds. The van der Waals surface area contributed by atoms with Gasteiger partial charge in [0, 0.05) is 25.8 Å². The highest BCUT2D eigenvalue weighted by molar-refractivity contribution is 5.97. The largest absolute Gasteiger partial charge is 0.335 e. The van der Waals surface area contributed by atoms with Crippen molar-refractivity contribution in [2.24, 2.45) is 0 Å². The summed E-state index contributed by atoms with van der Waals surface area (Å²) in [5.41, 5.74) is 3.50. The molecule has 0 saturated carbocycles. The molecule has 1 saturated heterocycles. The molecule has 0 radical (unpaired) electrons. The van der Waals surface area contributed by atoms with Crippen molar-refractivity contribution in [2.75, 3.05) is 13.1 Å². The van der Waals surface area contributed by atoms with Gasteiger partial charge in [-0.2, -0.15) is 0 Å². The van der Waals surface area contributed by atoms with Gasteiger partial charge in [0.1, 0.15) is 17.4 Å². The highest BCUT2D eigenvalue weighted by atomic mass is 16.2. The number of carbonyl (C=O) groups is 2. The molecule has 1 aliphatic rings. The van der Waals surface area contributed by atoms with Crippen LogP contribution in [0.3, 0.4) is 0 Å². The summed E-state index contributed by atoms with van der Waals surface area (Å²) in [7, 11) is 0. The number of carbonyl (C=O) groups excluding carboxylic acids is 2. The first-order valence-electron chi connectivity index (χ1n) is 9.12. The Bertz CT molecular complexity index is 993. The summed E-state index contributed by atoms with van der Waals surface area (Å²) in [5, 5.41) is 0. The van der Waals surface area contributed by atoms with E-state index in [1.54, 1.807) is 22.4 Å². The zero-order valence-corrected chi connectivity index (χ0v) is 15.5. The zero-order chi connectivity index (χ0) is 19.0. The molecule has 4 rings (SSSR count). The predicted octanol–water partition coefficient (Wildman–Crippen LogP) is 2.52. The Labute approximate surface area is 158 Å². The molecular formula is C21H22N4O2. The molecular weight excluding hydrogens is 340 g/mol. The van der Waals surface area contributed by atoms with E-state index < -0.39 is 6.04 Å². The van der Waals surface area contributed by atoms with Crippen LogP contribution < -0.4 is 0 Å². The van der Waals surface area contributed by atoms with Gasteiger partial charge in [0.05, 0.1) is 6.20 Å². The molecule has 1 aliphatic heterocycles. The third-order valence-corrected chi connectivity index (χ3v) is 5.14. The number of benzene rings is 1. The van der Waals surface area contributed by atoms with Crippen molar-refractivity contribution in [1.82, 2.24) is 19.2 Å². The van der Waals surface area contributed by atoms with Crippen LogP contribution in [0.5, 0.6) is 0 Å². The average Bonchev–Trinajstić information content (AvgIpc) is 3.11. The van der Waals surface area contributed by atoms with Crippen molar-refractivity contribution in [3.8, 4) is 0 Å². The summed E-state index contributed by atoms with van der Waals surface area (Å²) >= 11 is 0. The van der Waals surface area contributed by atoms with E-state index in [1.807, 2.05) is 60.5 Å². The van der Waals surface area contributed by atoms with E-state index >= 15 is 0 Å². The second-order valence-corrected chi connectivity index (χ2v) is 6.99. The molecule has 3 aromatic rings. The molecule has 2 aromatic heterocycles.